The number of benzene rings is 2. The second-order valence-electron chi connectivity index (χ2n) is 5.74. The molecule has 0 aliphatic heterocycles. The zero-order chi connectivity index (χ0) is 17.6. The van der Waals surface area contributed by atoms with E-state index in [1.54, 1.807) is 0 Å². The molecule has 0 bridgehead atoms. The van der Waals surface area contributed by atoms with Gasteiger partial charge in [0.25, 0.3) is 0 Å². The van der Waals surface area contributed by atoms with Crippen LogP contribution >= 0.6 is 11.8 Å². The van der Waals surface area contributed by atoms with E-state index in [4.69, 9.17) is 0 Å². The van der Waals surface area contributed by atoms with E-state index in [0.29, 0.717) is 5.75 Å². The molecule has 25 heavy (non-hydrogen) atoms. The zero-order valence-corrected chi connectivity index (χ0v) is 15.2. The van der Waals surface area contributed by atoms with Crippen molar-refractivity contribution in [3.63, 3.8) is 0 Å². The second kappa shape index (κ2) is 8.03. The molecular weight excluding hydrogens is 330 g/mol. The molecule has 0 aliphatic carbocycles. The van der Waals surface area contributed by atoms with E-state index in [1.807, 2.05) is 54.2 Å². The normalized spacial score (nSPS) is 10.6. The van der Waals surface area contributed by atoms with Gasteiger partial charge in [0.2, 0.25) is 5.91 Å². The number of rotatable bonds is 6. The SMILES string of the molecule is CCc1cccc(NC(=O)CSc2ncc(-c3ccccc3)n2C)c1. The predicted molar refractivity (Wildman–Crippen MR) is 104 cm³/mol. The van der Waals surface area contributed by atoms with Gasteiger partial charge in [-0.05, 0) is 29.7 Å². The molecule has 0 saturated carbocycles. The highest BCUT2D eigenvalue weighted by Gasteiger charge is 2.11. The maximum absolute atomic E-state index is 12.2. The Bertz CT molecular complexity index is 858. The summed E-state index contributed by atoms with van der Waals surface area (Å²) in [6.07, 6.45) is 2.80. The third-order valence-electron chi connectivity index (χ3n) is 3.97. The molecule has 1 amide bonds. The highest BCUT2D eigenvalue weighted by Crippen LogP contribution is 2.24. The lowest BCUT2D eigenvalue weighted by Crippen LogP contribution is -2.14. The lowest BCUT2D eigenvalue weighted by molar-refractivity contribution is -0.113. The van der Waals surface area contributed by atoms with Crippen molar-refractivity contribution in [2.75, 3.05) is 11.1 Å². The van der Waals surface area contributed by atoms with E-state index in [2.05, 4.69) is 35.4 Å². The van der Waals surface area contributed by atoms with Crippen molar-refractivity contribution in [3.8, 4) is 11.3 Å². The Hall–Kier alpha value is -2.53. The number of carbonyl (C=O) groups is 1. The summed E-state index contributed by atoms with van der Waals surface area (Å²) < 4.78 is 2.02. The molecule has 3 aromatic rings. The molecule has 2 aromatic carbocycles. The topological polar surface area (TPSA) is 46.9 Å². The molecule has 0 spiro atoms. The molecule has 3 rings (SSSR count). The van der Waals surface area contributed by atoms with Crippen LogP contribution in [-0.2, 0) is 18.3 Å². The van der Waals surface area contributed by atoms with Gasteiger partial charge in [-0.15, -0.1) is 0 Å². The van der Waals surface area contributed by atoms with E-state index in [9.17, 15) is 4.79 Å². The zero-order valence-electron chi connectivity index (χ0n) is 14.4. The van der Waals surface area contributed by atoms with Crippen LogP contribution in [0.15, 0.2) is 66.0 Å². The highest BCUT2D eigenvalue weighted by molar-refractivity contribution is 7.99. The maximum Gasteiger partial charge on any atom is 0.234 e. The molecular formula is C20H21N3OS. The number of nitrogens with zero attached hydrogens (tertiary/aromatic N) is 2. The van der Waals surface area contributed by atoms with Crippen LogP contribution in [0.4, 0.5) is 5.69 Å². The summed E-state index contributed by atoms with van der Waals surface area (Å²) in [6, 6.07) is 18.1. The van der Waals surface area contributed by atoms with E-state index in [1.165, 1.54) is 17.3 Å². The van der Waals surface area contributed by atoms with Crippen molar-refractivity contribution in [3.05, 3.63) is 66.4 Å². The third kappa shape index (κ3) is 4.31. The average molecular weight is 351 g/mol. The number of hydrogen-bond donors (Lipinski definition) is 1. The Kier molecular flexibility index (Phi) is 5.56. The van der Waals surface area contributed by atoms with Crippen LogP contribution in [0.5, 0.6) is 0 Å². The van der Waals surface area contributed by atoms with Crippen molar-refractivity contribution in [2.24, 2.45) is 7.05 Å². The van der Waals surface area contributed by atoms with Gasteiger partial charge in [-0.3, -0.25) is 4.79 Å². The first-order valence-corrected chi connectivity index (χ1v) is 9.24. The number of amides is 1. The van der Waals surface area contributed by atoms with Crippen LogP contribution in [0, 0.1) is 0 Å². The van der Waals surface area contributed by atoms with Gasteiger partial charge in [0.05, 0.1) is 17.6 Å². The van der Waals surface area contributed by atoms with Gasteiger partial charge < -0.3 is 9.88 Å². The molecule has 4 nitrogen and oxygen atoms in total. The van der Waals surface area contributed by atoms with Crippen LogP contribution < -0.4 is 5.32 Å². The van der Waals surface area contributed by atoms with Gasteiger partial charge in [0, 0.05) is 12.7 Å². The second-order valence-corrected chi connectivity index (χ2v) is 6.68. The fraction of sp³-hybridized carbons (Fsp3) is 0.200. The van der Waals surface area contributed by atoms with Gasteiger partial charge >= 0.3 is 0 Å². The summed E-state index contributed by atoms with van der Waals surface area (Å²) in [5.41, 5.74) is 4.21. The predicted octanol–water partition coefficient (Wildman–Crippen LogP) is 4.38. The summed E-state index contributed by atoms with van der Waals surface area (Å²) >= 11 is 1.44. The summed E-state index contributed by atoms with van der Waals surface area (Å²) in [6.45, 7) is 2.10. The molecule has 1 aromatic heterocycles. The molecule has 0 saturated heterocycles. The molecule has 128 valence electrons. The molecule has 0 radical (unpaired) electrons. The van der Waals surface area contributed by atoms with E-state index < -0.39 is 0 Å². The average Bonchev–Trinajstić information content (AvgIpc) is 3.01. The van der Waals surface area contributed by atoms with Crippen molar-refractivity contribution >= 4 is 23.4 Å². The number of carbonyl (C=O) groups excluding carboxylic acids is 1. The fourth-order valence-corrected chi connectivity index (χ4v) is 3.35. The first-order chi connectivity index (χ1) is 12.2. The van der Waals surface area contributed by atoms with Gasteiger partial charge in [0.15, 0.2) is 5.16 Å². The minimum Gasteiger partial charge on any atom is -0.325 e. The van der Waals surface area contributed by atoms with Crippen LogP contribution in [0.1, 0.15) is 12.5 Å². The minimum atomic E-state index is -0.0254. The molecule has 0 unspecified atom stereocenters. The van der Waals surface area contributed by atoms with Gasteiger partial charge in [-0.25, -0.2) is 4.98 Å². The number of hydrogen-bond acceptors (Lipinski definition) is 3. The molecule has 0 atom stereocenters. The smallest absolute Gasteiger partial charge is 0.234 e. The molecule has 1 heterocycles. The Morgan fingerprint density at radius 3 is 2.72 bits per heavy atom. The standard InChI is InChI=1S/C20H21N3OS/c1-3-15-8-7-11-17(12-15)22-19(24)14-25-20-21-13-18(23(20)2)16-9-5-4-6-10-16/h4-13H,3,14H2,1-2H3,(H,22,24). The summed E-state index contributed by atoms with van der Waals surface area (Å²) in [5.74, 6) is 0.303. The number of thioether (sulfide) groups is 1. The van der Waals surface area contributed by atoms with E-state index in [0.717, 1.165) is 28.5 Å². The number of aromatic nitrogens is 2. The van der Waals surface area contributed by atoms with Crippen molar-refractivity contribution in [1.29, 1.82) is 0 Å². The van der Waals surface area contributed by atoms with Crippen LogP contribution in [0.3, 0.4) is 0 Å². The number of aryl methyl sites for hydroxylation is 1. The molecule has 1 N–H and O–H groups in total. The third-order valence-corrected chi connectivity index (χ3v) is 5.01. The van der Waals surface area contributed by atoms with Crippen LogP contribution in [0.2, 0.25) is 0 Å². The number of anilines is 1. The summed E-state index contributed by atoms with van der Waals surface area (Å²) in [5, 5.41) is 3.78. The molecule has 5 heteroatoms. The number of nitrogens with one attached hydrogen (secondary N) is 1. The lowest BCUT2D eigenvalue weighted by atomic mass is 10.1. The summed E-state index contributed by atoms with van der Waals surface area (Å²) in [4.78, 5) is 16.6. The Morgan fingerprint density at radius 2 is 1.96 bits per heavy atom. The first-order valence-electron chi connectivity index (χ1n) is 8.26. The number of imidazole rings is 1. The van der Waals surface area contributed by atoms with Crippen molar-refractivity contribution in [1.82, 2.24) is 9.55 Å². The monoisotopic (exact) mass is 351 g/mol. The van der Waals surface area contributed by atoms with Crippen molar-refractivity contribution in [2.45, 2.75) is 18.5 Å². The van der Waals surface area contributed by atoms with Crippen molar-refractivity contribution < 1.29 is 4.79 Å². The van der Waals surface area contributed by atoms with E-state index >= 15 is 0 Å². The van der Waals surface area contributed by atoms with E-state index in [-0.39, 0.29) is 5.91 Å². The largest absolute Gasteiger partial charge is 0.325 e. The quantitative estimate of drug-likeness (QED) is 0.670. The van der Waals surface area contributed by atoms with Crippen LogP contribution in [0.25, 0.3) is 11.3 Å². The summed E-state index contributed by atoms with van der Waals surface area (Å²) in [7, 11) is 1.97. The Morgan fingerprint density at radius 1 is 1.16 bits per heavy atom. The first kappa shape index (κ1) is 17.3. The fourth-order valence-electron chi connectivity index (χ4n) is 2.60. The minimum absolute atomic E-state index is 0.0254. The Balaban J connectivity index is 1.62. The van der Waals surface area contributed by atoms with Gasteiger partial charge in [-0.1, -0.05) is 61.2 Å². The lowest BCUT2D eigenvalue weighted by Gasteiger charge is -2.08. The highest BCUT2D eigenvalue weighted by atomic mass is 32.2. The van der Waals surface area contributed by atoms with Crippen LogP contribution in [-0.4, -0.2) is 21.2 Å². The molecule has 0 fully saturated rings. The van der Waals surface area contributed by atoms with Gasteiger partial charge in [-0.2, -0.15) is 0 Å². The molecule has 0 aliphatic rings. The maximum atomic E-state index is 12.2. The Labute approximate surface area is 152 Å². The van der Waals surface area contributed by atoms with Gasteiger partial charge in [0.1, 0.15) is 0 Å².